The minimum absolute atomic E-state index is 0.367. The number of aliphatic carboxylic acids is 1. The Balaban J connectivity index is 2.32. The van der Waals surface area contributed by atoms with Crippen LogP contribution in [0.3, 0.4) is 0 Å². The minimum atomic E-state index is -0.936. The van der Waals surface area contributed by atoms with Gasteiger partial charge in [-0.25, -0.2) is 4.39 Å². The topological polar surface area (TPSA) is 37.3 Å². The van der Waals surface area contributed by atoms with Gasteiger partial charge in [-0.2, -0.15) is 0 Å². The molecule has 1 unspecified atom stereocenters. The molecule has 2 nitrogen and oxygen atoms in total. The Hall–Kier alpha value is -2.16. The second-order valence-corrected chi connectivity index (χ2v) is 4.58. The van der Waals surface area contributed by atoms with Crippen molar-refractivity contribution in [2.45, 2.75) is 19.3 Å². The van der Waals surface area contributed by atoms with Crippen LogP contribution < -0.4 is 0 Å². The molecule has 0 aromatic heterocycles. The molecule has 0 amide bonds. The van der Waals surface area contributed by atoms with Crippen molar-refractivity contribution in [3.63, 3.8) is 0 Å². The molecule has 0 bridgehead atoms. The summed E-state index contributed by atoms with van der Waals surface area (Å²) in [6.45, 7) is 1.94. The van der Waals surface area contributed by atoms with Crippen LogP contribution in [0, 0.1) is 12.7 Å². The highest BCUT2D eigenvalue weighted by Gasteiger charge is 2.21. The van der Waals surface area contributed by atoms with E-state index in [0.717, 1.165) is 11.1 Å². The third-order valence-electron chi connectivity index (χ3n) is 3.23. The van der Waals surface area contributed by atoms with E-state index in [0.29, 0.717) is 12.0 Å². The van der Waals surface area contributed by atoms with E-state index in [2.05, 4.69) is 0 Å². The lowest BCUT2D eigenvalue weighted by atomic mass is 9.90. The fourth-order valence-electron chi connectivity index (χ4n) is 2.13. The lowest BCUT2D eigenvalue weighted by molar-refractivity contribution is -0.138. The lowest BCUT2D eigenvalue weighted by Gasteiger charge is -2.14. The zero-order valence-corrected chi connectivity index (χ0v) is 10.6. The van der Waals surface area contributed by atoms with Gasteiger partial charge in [-0.15, -0.1) is 0 Å². The number of carboxylic acids is 1. The fraction of sp³-hybridized carbons (Fsp3) is 0.188. The molecule has 2 aromatic carbocycles. The average Bonchev–Trinajstić information content (AvgIpc) is 2.37. The third-order valence-corrected chi connectivity index (χ3v) is 3.23. The van der Waals surface area contributed by atoms with Crippen LogP contribution in [-0.2, 0) is 11.2 Å². The molecule has 0 aliphatic rings. The normalized spacial score (nSPS) is 12.1. The SMILES string of the molecule is Cc1ccccc1CC(C(=O)O)c1cccc(F)c1. The van der Waals surface area contributed by atoms with Crippen LogP contribution in [0.25, 0.3) is 0 Å². The first-order valence-corrected chi connectivity index (χ1v) is 6.10. The summed E-state index contributed by atoms with van der Waals surface area (Å²) in [4.78, 5) is 11.4. The Labute approximate surface area is 111 Å². The second-order valence-electron chi connectivity index (χ2n) is 4.58. The average molecular weight is 258 g/mol. The molecule has 3 heteroatoms. The van der Waals surface area contributed by atoms with Crippen molar-refractivity contribution in [2.75, 3.05) is 0 Å². The Morgan fingerprint density at radius 1 is 1.21 bits per heavy atom. The molecule has 0 aliphatic heterocycles. The van der Waals surface area contributed by atoms with Crippen molar-refractivity contribution in [1.82, 2.24) is 0 Å². The van der Waals surface area contributed by atoms with E-state index in [1.54, 1.807) is 12.1 Å². The predicted octanol–water partition coefficient (Wildman–Crippen LogP) is 3.55. The van der Waals surface area contributed by atoms with E-state index in [-0.39, 0.29) is 0 Å². The summed E-state index contributed by atoms with van der Waals surface area (Å²) >= 11 is 0. The van der Waals surface area contributed by atoms with Gasteiger partial charge in [0.15, 0.2) is 0 Å². The molecule has 0 spiro atoms. The van der Waals surface area contributed by atoms with E-state index < -0.39 is 17.7 Å². The second kappa shape index (κ2) is 5.65. The van der Waals surface area contributed by atoms with Crippen molar-refractivity contribution in [3.8, 4) is 0 Å². The molecule has 1 atom stereocenters. The van der Waals surface area contributed by atoms with Crippen LogP contribution in [0.4, 0.5) is 4.39 Å². The molecular weight excluding hydrogens is 243 g/mol. The maximum atomic E-state index is 13.2. The molecule has 0 heterocycles. The number of halogens is 1. The van der Waals surface area contributed by atoms with E-state index in [4.69, 9.17) is 0 Å². The van der Waals surface area contributed by atoms with Gasteiger partial charge < -0.3 is 5.11 Å². The van der Waals surface area contributed by atoms with Gasteiger partial charge in [-0.3, -0.25) is 4.79 Å². The van der Waals surface area contributed by atoms with Crippen molar-refractivity contribution < 1.29 is 14.3 Å². The molecule has 98 valence electrons. The number of carboxylic acid groups (broad SMARTS) is 1. The standard InChI is InChI=1S/C16H15FO2/c1-11-5-2-3-6-12(11)10-15(16(18)19)13-7-4-8-14(17)9-13/h2-9,15H,10H2,1H3,(H,18,19). The van der Waals surface area contributed by atoms with E-state index in [1.165, 1.54) is 12.1 Å². The molecule has 0 saturated carbocycles. The first kappa shape index (κ1) is 13.3. The number of aryl methyl sites for hydroxylation is 1. The minimum Gasteiger partial charge on any atom is -0.481 e. The Kier molecular flexibility index (Phi) is 3.95. The van der Waals surface area contributed by atoms with E-state index in [9.17, 15) is 14.3 Å². The van der Waals surface area contributed by atoms with Crippen molar-refractivity contribution in [2.24, 2.45) is 0 Å². The summed E-state index contributed by atoms with van der Waals surface area (Å²) in [5.41, 5.74) is 2.51. The fourth-order valence-corrected chi connectivity index (χ4v) is 2.13. The summed E-state index contributed by atoms with van der Waals surface area (Å²) in [5, 5.41) is 9.35. The van der Waals surface area contributed by atoms with Crippen LogP contribution in [0.15, 0.2) is 48.5 Å². The number of carbonyl (C=O) groups is 1. The first-order valence-electron chi connectivity index (χ1n) is 6.10. The number of rotatable bonds is 4. The summed E-state index contributed by atoms with van der Waals surface area (Å²) in [7, 11) is 0. The number of hydrogen-bond donors (Lipinski definition) is 1. The van der Waals surface area contributed by atoms with Crippen molar-refractivity contribution in [3.05, 3.63) is 71.0 Å². The molecule has 2 aromatic rings. The quantitative estimate of drug-likeness (QED) is 0.910. The van der Waals surface area contributed by atoms with E-state index in [1.807, 2.05) is 31.2 Å². The summed E-state index contributed by atoms with van der Waals surface area (Å²) in [6, 6.07) is 13.4. The lowest BCUT2D eigenvalue weighted by Crippen LogP contribution is -2.15. The Bertz CT molecular complexity index is 593. The predicted molar refractivity (Wildman–Crippen MR) is 71.7 cm³/mol. The molecular formula is C16H15FO2. The Morgan fingerprint density at radius 3 is 2.58 bits per heavy atom. The van der Waals surface area contributed by atoms with Crippen molar-refractivity contribution >= 4 is 5.97 Å². The van der Waals surface area contributed by atoms with Crippen LogP contribution in [0.5, 0.6) is 0 Å². The van der Waals surface area contributed by atoms with E-state index >= 15 is 0 Å². The molecule has 0 fully saturated rings. The van der Waals surface area contributed by atoms with Crippen LogP contribution in [-0.4, -0.2) is 11.1 Å². The van der Waals surface area contributed by atoms with Gasteiger partial charge in [0, 0.05) is 0 Å². The third kappa shape index (κ3) is 3.19. The van der Waals surface area contributed by atoms with Gasteiger partial charge >= 0.3 is 5.97 Å². The molecule has 1 N–H and O–H groups in total. The molecule has 0 saturated heterocycles. The maximum absolute atomic E-state index is 13.2. The monoisotopic (exact) mass is 258 g/mol. The highest BCUT2D eigenvalue weighted by molar-refractivity contribution is 5.76. The zero-order valence-electron chi connectivity index (χ0n) is 10.6. The van der Waals surface area contributed by atoms with Gasteiger partial charge in [-0.1, -0.05) is 36.4 Å². The van der Waals surface area contributed by atoms with Crippen LogP contribution in [0.1, 0.15) is 22.6 Å². The smallest absolute Gasteiger partial charge is 0.311 e. The van der Waals surface area contributed by atoms with Crippen LogP contribution >= 0.6 is 0 Å². The van der Waals surface area contributed by atoms with Crippen LogP contribution in [0.2, 0.25) is 0 Å². The largest absolute Gasteiger partial charge is 0.481 e. The summed E-state index contributed by atoms with van der Waals surface area (Å²) in [6.07, 6.45) is 0.367. The molecule has 2 rings (SSSR count). The maximum Gasteiger partial charge on any atom is 0.311 e. The van der Waals surface area contributed by atoms with Gasteiger partial charge in [0.05, 0.1) is 5.92 Å². The summed E-state index contributed by atoms with van der Waals surface area (Å²) < 4.78 is 13.2. The van der Waals surface area contributed by atoms with Crippen molar-refractivity contribution in [1.29, 1.82) is 0 Å². The first-order chi connectivity index (χ1) is 9.08. The van der Waals surface area contributed by atoms with Gasteiger partial charge in [0.1, 0.15) is 5.82 Å². The van der Waals surface area contributed by atoms with Gasteiger partial charge in [0.25, 0.3) is 0 Å². The highest BCUT2D eigenvalue weighted by atomic mass is 19.1. The summed E-state index contributed by atoms with van der Waals surface area (Å²) in [5.74, 6) is -2.07. The molecule has 19 heavy (non-hydrogen) atoms. The van der Waals surface area contributed by atoms with Gasteiger partial charge in [-0.05, 0) is 42.2 Å². The number of benzene rings is 2. The number of hydrogen-bond acceptors (Lipinski definition) is 1. The zero-order chi connectivity index (χ0) is 13.8. The molecule has 0 radical (unpaired) electrons. The Morgan fingerprint density at radius 2 is 1.95 bits per heavy atom. The highest BCUT2D eigenvalue weighted by Crippen LogP contribution is 2.23. The van der Waals surface area contributed by atoms with Gasteiger partial charge in [0.2, 0.25) is 0 Å². The molecule has 0 aliphatic carbocycles.